The lowest BCUT2D eigenvalue weighted by molar-refractivity contribution is 0.427. The van der Waals surface area contributed by atoms with Crippen molar-refractivity contribution in [2.75, 3.05) is 11.9 Å². The number of para-hydroxylation sites is 1. The van der Waals surface area contributed by atoms with Gasteiger partial charge in [-0.2, -0.15) is 0 Å². The van der Waals surface area contributed by atoms with Crippen molar-refractivity contribution < 1.29 is 0 Å². The fourth-order valence-electron chi connectivity index (χ4n) is 2.98. The van der Waals surface area contributed by atoms with E-state index in [1.165, 1.54) is 43.4 Å². The van der Waals surface area contributed by atoms with Crippen molar-refractivity contribution in [3.63, 3.8) is 0 Å². The molecule has 1 fully saturated rings. The molecule has 0 unspecified atom stereocenters. The van der Waals surface area contributed by atoms with Gasteiger partial charge < -0.3 is 10.2 Å². The molecule has 0 atom stereocenters. The predicted molar refractivity (Wildman–Crippen MR) is 83.7 cm³/mol. The van der Waals surface area contributed by atoms with Crippen LogP contribution in [0.2, 0.25) is 0 Å². The zero-order valence-corrected chi connectivity index (χ0v) is 12.7. The van der Waals surface area contributed by atoms with Gasteiger partial charge in [-0.15, -0.1) is 0 Å². The zero-order chi connectivity index (χ0) is 13.7. The van der Waals surface area contributed by atoms with Gasteiger partial charge in [0.15, 0.2) is 0 Å². The van der Waals surface area contributed by atoms with E-state index in [1.807, 2.05) is 0 Å². The highest BCUT2D eigenvalue weighted by atomic mass is 15.1. The van der Waals surface area contributed by atoms with Gasteiger partial charge in [-0.25, -0.2) is 0 Å². The Morgan fingerprint density at radius 2 is 1.84 bits per heavy atom. The molecule has 2 heteroatoms. The first-order valence-electron chi connectivity index (χ1n) is 7.72. The van der Waals surface area contributed by atoms with E-state index >= 15 is 0 Å². The molecule has 2 rings (SSSR count). The van der Waals surface area contributed by atoms with E-state index in [1.54, 1.807) is 0 Å². The van der Waals surface area contributed by atoms with E-state index in [-0.39, 0.29) is 0 Å². The quantitative estimate of drug-likeness (QED) is 0.862. The second kappa shape index (κ2) is 6.95. The number of nitrogens with one attached hydrogen (secondary N) is 1. The van der Waals surface area contributed by atoms with E-state index in [0.717, 1.165) is 12.6 Å². The molecule has 1 aliphatic rings. The van der Waals surface area contributed by atoms with Crippen molar-refractivity contribution in [1.29, 1.82) is 0 Å². The van der Waals surface area contributed by atoms with Gasteiger partial charge in [0.1, 0.15) is 0 Å². The van der Waals surface area contributed by atoms with Crippen molar-refractivity contribution in [2.24, 2.45) is 0 Å². The van der Waals surface area contributed by atoms with Gasteiger partial charge in [0, 0.05) is 31.4 Å². The average molecular weight is 260 g/mol. The van der Waals surface area contributed by atoms with Crippen molar-refractivity contribution in [3.8, 4) is 0 Å². The van der Waals surface area contributed by atoms with Gasteiger partial charge in [-0.1, -0.05) is 51.3 Å². The lowest BCUT2D eigenvalue weighted by atomic mass is 9.94. The normalized spacial score (nSPS) is 16.8. The smallest absolute Gasteiger partial charge is 0.0411 e. The maximum Gasteiger partial charge on any atom is 0.0411 e. The molecule has 0 radical (unpaired) electrons. The summed E-state index contributed by atoms with van der Waals surface area (Å²) in [7, 11) is 2.27. The molecular weight excluding hydrogens is 232 g/mol. The second-order valence-electron chi connectivity index (χ2n) is 6.07. The fraction of sp³-hybridized carbons (Fsp3) is 0.647. The Hall–Kier alpha value is -1.02. The first kappa shape index (κ1) is 14.4. The first-order valence-corrected chi connectivity index (χ1v) is 7.72. The summed E-state index contributed by atoms with van der Waals surface area (Å²) >= 11 is 0. The number of benzene rings is 1. The van der Waals surface area contributed by atoms with E-state index in [0.29, 0.717) is 6.04 Å². The summed E-state index contributed by atoms with van der Waals surface area (Å²) < 4.78 is 0. The predicted octanol–water partition coefficient (Wildman–Crippen LogP) is 3.95. The topological polar surface area (TPSA) is 15.3 Å². The number of nitrogens with zero attached hydrogens (tertiary/aromatic N) is 1. The van der Waals surface area contributed by atoms with Gasteiger partial charge >= 0.3 is 0 Å². The molecule has 19 heavy (non-hydrogen) atoms. The molecule has 1 N–H and O–H groups in total. The third-order valence-electron chi connectivity index (χ3n) is 4.19. The molecule has 0 aromatic heterocycles. The second-order valence-corrected chi connectivity index (χ2v) is 6.07. The third-order valence-corrected chi connectivity index (χ3v) is 4.19. The van der Waals surface area contributed by atoms with Crippen molar-refractivity contribution in [1.82, 2.24) is 5.32 Å². The molecule has 1 aliphatic carbocycles. The molecule has 1 aromatic carbocycles. The lowest BCUT2D eigenvalue weighted by Gasteiger charge is -2.34. The monoisotopic (exact) mass is 260 g/mol. The Kier molecular flexibility index (Phi) is 5.26. The summed E-state index contributed by atoms with van der Waals surface area (Å²) in [4.78, 5) is 2.51. The molecule has 0 aliphatic heterocycles. The van der Waals surface area contributed by atoms with Crippen LogP contribution in [0.1, 0.15) is 51.5 Å². The molecule has 106 valence electrons. The van der Waals surface area contributed by atoms with Crippen LogP contribution < -0.4 is 10.2 Å². The maximum atomic E-state index is 3.53. The Bertz CT molecular complexity index is 381. The zero-order valence-electron chi connectivity index (χ0n) is 12.7. The molecule has 0 amide bonds. The van der Waals surface area contributed by atoms with Crippen molar-refractivity contribution >= 4 is 5.69 Å². The molecule has 1 aromatic rings. The van der Waals surface area contributed by atoms with Gasteiger partial charge in [-0.05, 0) is 24.5 Å². The molecule has 0 bridgehead atoms. The standard InChI is InChI=1S/C17H28N2/c1-14(2)18-13-15-9-7-8-12-17(15)19(3)16-10-5-4-6-11-16/h7-9,12,14,16,18H,4-6,10-11,13H2,1-3H3. The number of hydrogen-bond acceptors (Lipinski definition) is 2. The Balaban J connectivity index is 2.08. The Labute approximate surface area is 118 Å². The Morgan fingerprint density at radius 3 is 2.53 bits per heavy atom. The summed E-state index contributed by atoms with van der Waals surface area (Å²) in [5.41, 5.74) is 2.83. The summed E-state index contributed by atoms with van der Waals surface area (Å²) in [5.74, 6) is 0. The van der Waals surface area contributed by atoms with Crippen molar-refractivity contribution in [2.45, 2.75) is 64.6 Å². The molecule has 2 nitrogen and oxygen atoms in total. The van der Waals surface area contributed by atoms with E-state index in [2.05, 4.69) is 55.4 Å². The van der Waals surface area contributed by atoms with Gasteiger partial charge in [0.2, 0.25) is 0 Å². The minimum atomic E-state index is 0.535. The summed E-state index contributed by atoms with van der Waals surface area (Å²) in [6.07, 6.45) is 6.90. The highest BCUT2D eigenvalue weighted by Gasteiger charge is 2.19. The average Bonchev–Trinajstić information content (AvgIpc) is 2.45. The molecule has 0 saturated heterocycles. The van der Waals surface area contributed by atoms with Crippen LogP contribution in [0.5, 0.6) is 0 Å². The number of rotatable bonds is 5. The van der Waals surface area contributed by atoms with Crippen LogP contribution >= 0.6 is 0 Å². The molecule has 1 saturated carbocycles. The third kappa shape index (κ3) is 3.97. The molecule has 0 heterocycles. The first-order chi connectivity index (χ1) is 9.18. The lowest BCUT2D eigenvalue weighted by Crippen LogP contribution is -2.34. The molecule has 0 spiro atoms. The minimum Gasteiger partial charge on any atom is -0.371 e. The van der Waals surface area contributed by atoms with Gasteiger partial charge in [0.25, 0.3) is 0 Å². The largest absolute Gasteiger partial charge is 0.371 e. The van der Waals surface area contributed by atoms with Crippen LogP contribution in [-0.4, -0.2) is 19.1 Å². The van der Waals surface area contributed by atoms with Crippen LogP contribution in [0, 0.1) is 0 Å². The van der Waals surface area contributed by atoms with Crippen LogP contribution in [0.15, 0.2) is 24.3 Å². The number of hydrogen-bond donors (Lipinski definition) is 1. The summed E-state index contributed by atoms with van der Waals surface area (Å²) in [6, 6.07) is 10.1. The number of anilines is 1. The van der Waals surface area contributed by atoms with Crippen LogP contribution in [-0.2, 0) is 6.54 Å². The van der Waals surface area contributed by atoms with Crippen molar-refractivity contribution in [3.05, 3.63) is 29.8 Å². The SMILES string of the molecule is CC(C)NCc1ccccc1N(C)C1CCCCC1. The van der Waals surface area contributed by atoms with Gasteiger partial charge in [0.05, 0.1) is 0 Å². The summed E-state index contributed by atoms with van der Waals surface area (Å²) in [5, 5.41) is 3.53. The highest BCUT2D eigenvalue weighted by Crippen LogP contribution is 2.28. The van der Waals surface area contributed by atoms with Gasteiger partial charge in [-0.3, -0.25) is 0 Å². The molecular formula is C17H28N2. The minimum absolute atomic E-state index is 0.535. The fourth-order valence-corrected chi connectivity index (χ4v) is 2.98. The maximum absolute atomic E-state index is 3.53. The van der Waals surface area contributed by atoms with Crippen LogP contribution in [0.4, 0.5) is 5.69 Å². The van der Waals surface area contributed by atoms with E-state index in [9.17, 15) is 0 Å². The Morgan fingerprint density at radius 1 is 1.16 bits per heavy atom. The summed E-state index contributed by atoms with van der Waals surface area (Å²) in [6.45, 7) is 5.37. The van der Waals surface area contributed by atoms with Crippen LogP contribution in [0.3, 0.4) is 0 Å². The highest BCUT2D eigenvalue weighted by molar-refractivity contribution is 5.53. The van der Waals surface area contributed by atoms with Crippen LogP contribution in [0.25, 0.3) is 0 Å². The van der Waals surface area contributed by atoms with E-state index < -0.39 is 0 Å². The van der Waals surface area contributed by atoms with E-state index in [4.69, 9.17) is 0 Å².